The van der Waals surface area contributed by atoms with Gasteiger partial charge in [0, 0.05) is 0 Å². The Morgan fingerprint density at radius 2 is 0.837 bits per heavy atom. The molecule has 1 aliphatic rings. The van der Waals surface area contributed by atoms with Crippen molar-refractivity contribution in [2.45, 2.75) is 0 Å². The molecule has 0 bridgehead atoms. The predicted octanol–water partition coefficient (Wildman–Crippen LogP) is 10.4. The molecule has 1 unspecified atom stereocenters. The summed E-state index contributed by atoms with van der Waals surface area (Å²) in [6, 6.07) is 55.5. The fraction of sp³-hybridized carbons (Fsp3) is 0. The predicted molar refractivity (Wildman–Crippen MR) is 195 cm³/mol. The van der Waals surface area contributed by atoms with Crippen molar-refractivity contribution >= 4 is 24.1 Å². The molecule has 0 amide bonds. The molecule has 0 fully saturated rings. The molecule has 0 radical (unpaired) electrons. The number of para-hydroxylation sites is 6. The van der Waals surface area contributed by atoms with Crippen LogP contribution in [0.4, 0.5) is 0 Å². The Hall–Kier alpha value is -4.91. The van der Waals surface area contributed by atoms with Gasteiger partial charge in [0.05, 0.1) is 0 Å². The number of benzene rings is 6. The van der Waals surface area contributed by atoms with Crippen LogP contribution in [0.3, 0.4) is 0 Å². The zero-order valence-electron chi connectivity index (χ0n) is 26.1. The number of nitrogens with zero attached hydrogens (tertiary/aromatic N) is 3. The van der Waals surface area contributed by atoms with Crippen molar-refractivity contribution in [2.24, 2.45) is 10.0 Å². The molecule has 13 heteroatoms. The molecule has 49 heavy (non-hydrogen) atoms. The average Bonchev–Trinajstić information content (AvgIpc) is 3.14. The molecule has 0 saturated carbocycles. The molecule has 0 aromatic heterocycles. The van der Waals surface area contributed by atoms with Crippen LogP contribution in [-0.2, 0) is 0 Å². The van der Waals surface area contributed by atoms with Gasteiger partial charge in [0.25, 0.3) is 0 Å². The second kappa shape index (κ2) is 15.1. The van der Waals surface area contributed by atoms with Gasteiger partial charge in [0.15, 0.2) is 0 Å². The van der Waals surface area contributed by atoms with E-state index in [1.165, 1.54) is 9.21 Å². The summed E-state index contributed by atoms with van der Waals surface area (Å²) in [5.41, 5.74) is 7.66. The molecule has 0 saturated heterocycles. The van der Waals surface area contributed by atoms with Crippen LogP contribution in [-0.4, -0.2) is 9.21 Å². The molecular formula is C36H33N4O6P3. The van der Waals surface area contributed by atoms with Gasteiger partial charge >= 0.3 is 288 Å². The van der Waals surface area contributed by atoms with Crippen LogP contribution in [0.2, 0.25) is 0 Å². The maximum absolute atomic E-state index is 7.66. The van der Waals surface area contributed by atoms with Crippen LogP contribution in [0.1, 0.15) is 0 Å². The summed E-state index contributed by atoms with van der Waals surface area (Å²) in [5.74, 6) is 2.88. The molecule has 10 nitrogen and oxygen atoms in total. The van der Waals surface area contributed by atoms with Gasteiger partial charge in [0.2, 0.25) is 0 Å². The van der Waals surface area contributed by atoms with Crippen molar-refractivity contribution in [1.29, 1.82) is 0 Å². The van der Waals surface area contributed by atoms with Crippen molar-refractivity contribution in [3.05, 3.63) is 182 Å². The Morgan fingerprint density at radius 3 is 1.29 bits per heavy atom. The third-order valence-electron chi connectivity index (χ3n) is 6.87. The van der Waals surface area contributed by atoms with E-state index in [9.17, 15) is 0 Å². The number of rotatable bonds is 12. The van der Waals surface area contributed by atoms with E-state index in [1.54, 1.807) is 12.1 Å². The summed E-state index contributed by atoms with van der Waals surface area (Å²) < 4.78 is 35.5. The van der Waals surface area contributed by atoms with Gasteiger partial charge in [-0.3, -0.25) is 0 Å². The Kier molecular flexibility index (Phi) is 10.1. The molecule has 0 spiro atoms. The zero-order valence-corrected chi connectivity index (χ0v) is 28.9. The SMILES string of the molecule is N[PH]1(Oc2ccccc2)N(Oc2ccccc2)P(Oc2ccccc2)N=P(Oc2ccccc2)(Oc2ccccc2)N1Oc1ccccc1. The third kappa shape index (κ3) is 7.72. The van der Waals surface area contributed by atoms with Crippen LogP contribution in [0.25, 0.3) is 0 Å². The van der Waals surface area contributed by atoms with Crippen LogP contribution >= 0.6 is 24.1 Å². The van der Waals surface area contributed by atoms with Gasteiger partial charge in [-0.15, -0.1) is 0 Å². The molecular weight excluding hydrogens is 677 g/mol. The van der Waals surface area contributed by atoms with E-state index in [-0.39, 0.29) is 0 Å². The summed E-state index contributed by atoms with van der Waals surface area (Å²) in [5, 5.41) is 0. The average molecular weight is 711 g/mol. The van der Waals surface area contributed by atoms with Crippen molar-refractivity contribution in [3.8, 4) is 34.5 Å². The van der Waals surface area contributed by atoms with E-state index in [2.05, 4.69) is 0 Å². The second-order valence-corrected chi connectivity index (χ2v) is 17.0. The standard InChI is InChI=1S/C36H33N4O6P3/c37-48(44-34-25-13-4-14-26-34)39(41-31-19-7-1-8-20-31)47(43-33-23-11-3-12-24-33)38-49(45-35-27-15-5-16-28-35,46-36-29-17-6-18-30-36)40(48)42-32-21-9-2-10-22-32/h1-30,48H,37H2. The first-order valence-electron chi connectivity index (χ1n) is 15.3. The Balaban J connectivity index is 1.50. The summed E-state index contributed by atoms with van der Waals surface area (Å²) in [6.07, 6.45) is 0. The monoisotopic (exact) mass is 710 g/mol. The first kappa shape index (κ1) is 32.6. The van der Waals surface area contributed by atoms with Gasteiger partial charge in [-0.05, 0) is 0 Å². The zero-order chi connectivity index (χ0) is 33.4. The van der Waals surface area contributed by atoms with Gasteiger partial charge < -0.3 is 0 Å². The van der Waals surface area contributed by atoms with Crippen molar-refractivity contribution in [3.63, 3.8) is 0 Å². The van der Waals surface area contributed by atoms with E-state index >= 15 is 0 Å². The number of nitrogens with two attached hydrogens (primary N) is 1. The molecule has 0 aliphatic carbocycles. The maximum atomic E-state index is 7.66. The summed E-state index contributed by atoms with van der Waals surface area (Å²) in [4.78, 5) is 13.4. The first-order valence-corrected chi connectivity index (χ1v) is 19.9. The molecule has 1 atom stereocenters. The normalized spacial score (nSPS) is 17.4. The first-order chi connectivity index (χ1) is 24.1. The summed E-state index contributed by atoms with van der Waals surface area (Å²) in [7, 11) is -10.4. The Bertz CT molecular complexity index is 1930. The molecule has 6 aromatic rings. The molecule has 2 N–H and O–H groups in total. The van der Waals surface area contributed by atoms with Crippen LogP contribution in [0.5, 0.6) is 34.5 Å². The minimum absolute atomic E-state index is 0.448. The van der Waals surface area contributed by atoms with E-state index in [1.807, 2.05) is 170 Å². The Morgan fingerprint density at radius 1 is 0.469 bits per heavy atom. The summed E-state index contributed by atoms with van der Waals surface area (Å²) in [6.45, 7) is 0. The molecule has 7 rings (SSSR count). The number of hydrogen-bond donors (Lipinski definition) is 1. The van der Waals surface area contributed by atoms with Gasteiger partial charge in [-0.2, -0.15) is 0 Å². The van der Waals surface area contributed by atoms with E-state index in [0.29, 0.717) is 34.5 Å². The minimum atomic E-state index is -4.33. The quantitative estimate of drug-likeness (QED) is 0.124. The third-order valence-corrected chi connectivity index (χ3v) is 15.4. The number of hydrogen-bond acceptors (Lipinski definition) is 10. The second-order valence-electron chi connectivity index (χ2n) is 10.5. The van der Waals surface area contributed by atoms with Gasteiger partial charge in [-0.1, -0.05) is 0 Å². The fourth-order valence-electron chi connectivity index (χ4n) is 4.66. The molecule has 1 heterocycles. The van der Waals surface area contributed by atoms with E-state index < -0.39 is 24.1 Å². The van der Waals surface area contributed by atoms with Crippen molar-refractivity contribution in [1.82, 2.24) is 9.21 Å². The van der Waals surface area contributed by atoms with Crippen LogP contribution in [0.15, 0.2) is 187 Å². The van der Waals surface area contributed by atoms with Gasteiger partial charge in [0.1, 0.15) is 0 Å². The molecule has 6 aromatic carbocycles. The van der Waals surface area contributed by atoms with Gasteiger partial charge in [-0.25, -0.2) is 0 Å². The Labute approximate surface area is 286 Å². The molecule has 1 aliphatic heterocycles. The van der Waals surface area contributed by atoms with E-state index in [0.717, 1.165) is 0 Å². The van der Waals surface area contributed by atoms with Crippen LogP contribution < -0.4 is 33.3 Å². The topological polar surface area (TPSA) is 100 Å². The van der Waals surface area contributed by atoms with Crippen molar-refractivity contribution in [2.75, 3.05) is 0 Å². The fourth-order valence-corrected chi connectivity index (χ4v) is 13.9. The van der Waals surface area contributed by atoms with Crippen molar-refractivity contribution < 1.29 is 27.8 Å². The summed E-state index contributed by atoms with van der Waals surface area (Å²) >= 11 is 0. The van der Waals surface area contributed by atoms with Crippen LogP contribution in [0, 0.1) is 0 Å². The van der Waals surface area contributed by atoms with E-state index in [4.69, 9.17) is 37.8 Å². The molecule has 248 valence electrons.